The van der Waals surface area contributed by atoms with Crippen molar-refractivity contribution in [2.45, 2.75) is 19.3 Å². The number of rotatable bonds is 7. The van der Waals surface area contributed by atoms with Crippen molar-refractivity contribution in [1.29, 1.82) is 0 Å². The zero-order valence-electron chi connectivity index (χ0n) is 12.4. The molecule has 0 saturated carbocycles. The van der Waals surface area contributed by atoms with Crippen molar-refractivity contribution >= 4 is 5.69 Å². The molecule has 0 radical (unpaired) electrons. The number of unbranched alkanes of at least 4 members (excludes halogenated alkanes) is 2. The third-order valence-electron chi connectivity index (χ3n) is 3.84. The van der Waals surface area contributed by atoms with Crippen molar-refractivity contribution in [2.75, 3.05) is 51.3 Å². The first kappa shape index (κ1) is 15.1. The summed E-state index contributed by atoms with van der Waals surface area (Å²) in [6, 6.07) is 4.07. The lowest BCUT2D eigenvalue weighted by atomic mass is 10.2. The van der Waals surface area contributed by atoms with Gasteiger partial charge in [0.1, 0.15) is 0 Å². The average Bonchev–Trinajstić information content (AvgIpc) is 2.52. The Bertz CT molecular complexity index is 391. The van der Waals surface area contributed by atoms with Crippen LogP contribution in [0.3, 0.4) is 0 Å². The second-order valence-corrected chi connectivity index (χ2v) is 5.23. The summed E-state index contributed by atoms with van der Waals surface area (Å²) >= 11 is 0. The van der Waals surface area contributed by atoms with E-state index in [1.54, 1.807) is 7.11 Å². The van der Waals surface area contributed by atoms with Crippen LogP contribution in [0.2, 0.25) is 0 Å². The Kier molecular flexibility index (Phi) is 6.08. The minimum absolute atomic E-state index is 0.687. The molecule has 5 nitrogen and oxygen atoms in total. The molecule has 0 spiro atoms. The average molecular weight is 278 g/mol. The van der Waals surface area contributed by atoms with Crippen molar-refractivity contribution in [1.82, 2.24) is 9.88 Å². The van der Waals surface area contributed by atoms with Gasteiger partial charge in [-0.25, -0.2) is 4.98 Å². The number of methoxy groups -OCH3 is 1. The molecule has 2 heterocycles. The largest absolute Gasteiger partial charge is 0.481 e. The highest BCUT2D eigenvalue weighted by atomic mass is 16.5. The summed E-state index contributed by atoms with van der Waals surface area (Å²) in [5, 5.41) is 0. The molecule has 0 atom stereocenters. The van der Waals surface area contributed by atoms with E-state index in [1.807, 2.05) is 12.3 Å². The lowest BCUT2D eigenvalue weighted by Gasteiger charge is -2.36. The van der Waals surface area contributed by atoms with Crippen LogP contribution >= 0.6 is 0 Å². The van der Waals surface area contributed by atoms with Crippen molar-refractivity contribution in [2.24, 2.45) is 5.73 Å². The zero-order chi connectivity index (χ0) is 14.2. The molecule has 1 aliphatic rings. The SMILES string of the molecule is COc1cc(N2CCN(CCCCCN)CC2)ccn1. The Labute approximate surface area is 121 Å². The number of nitrogens with two attached hydrogens (primary N) is 1. The van der Waals surface area contributed by atoms with Crippen molar-refractivity contribution < 1.29 is 4.74 Å². The highest BCUT2D eigenvalue weighted by Gasteiger charge is 2.17. The number of ether oxygens (including phenoxy) is 1. The normalized spacial score (nSPS) is 16.4. The lowest BCUT2D eigenvalue weighted by Crippen LogP contribution is -2.46. The number of nitrogens with zero attached hydrogens (tertiary/aromatic N) is 3. The van der Waals surface area contributed by atoms with Gasteiger partial charge in [-0.05, 0) is 32.0 Å². The third-order valence-corrected chi connectivity index (χ3v) is 3.84. The van der Waals surface area contributed by atoms with Crippen LogP contribution in [0, 0.1) is 0 Å². The first-order valence-electron chi connectivity index (χ1n) is 7.51. The summed E-state index contributed by atoms with van der Waals surface area (Å²) in [6.45, 7) is 6.43. The number of anilines is 1. The smallest absolute Gasteiger partial charge is 0.214 e. The molecule has 1 aliphatic heterocycles. The van der Waals surface area contributed by atoms with Gasteiger partial charge in [0.25, 0.3) is 0 Å². The maximum atomic E-state index is 5.52. The maximum Gasteiger partial charge on any atom is 0.214 e. The van der Waals surface area contributed by atoms with Crippen LogP contribution in [0.4, 0.5) is 5.69 Å². The van der Waals surface area contributed by atoms with Crippen LogP contribution in [0.25, 0.3) is 0 Å². The summed E-state index contributed by atoms with van der Waals surface area (Å²) in [5.74, 6) is 0.687. The van der Waals surface area contributed by atoms with Gasteiger partial charge in [-0.3, -0.25) is 4.90 Å². The van der Waals surface area contributed by atoms with Crippen LogP contribution in [-0.4, -0.2) is 56.3 Å². The standard InChI is InChI=1S/C15H26N4O/c1-20-15-13-14(5-7-17-15)19-11-9-18(10-12-19)8-4-2-3-6-16/h5,7,13H,2-4,6,8-12,16H2,1H3. The fraction of sp³-hybridized carbons (Fsp3) is 0.667. The number of hydrogen-bond acceptors (Lipinski definition) is 5. The fourth-order valence-electron chi connectivity index (χ4n) is 2.59. The Morgan fingerprint density at radius 2 is 2.00 bits per heavy atom. The van der Waals surface area contributed by atoms with Crippen LogP contribution < -0.4 is 15.4 Å². The van der Waals surface area contributed by atoms with Crippen LogP contribution in [-0.2, 0) is 0 Å². The number of hydrogen-bond donors (Lipinski definition) is 1. The third kappa shape index (κ3) is 4.35. The van der Waals surface area contributed by atoms with E-state index >= 15 is 0 Å². The predicted octanol–water partition coefficient (Wildman–Crippen LogP) is 1.34. The molecule has 1 saturated heterocycles. The monoisotopic (exact) mass is 278 g/mol. The number of piperazine rings is 1. The van der Waals surface area contributed by atoms with E-state index in [-0.39, 0.29) is 0 Å². The molecule has 1 aromatic rings. The predicted molar refractivity (Wildman–Crippen MR) is 82.3 cm³/mol. The van der Waals surface area contributed by atoms with E-state index < -0.39 is 0 Å². The van der Waals surface area contributed by atoms with E-state index in [1.165, 1.54) is 25.1 Å². The second kappa shape index (κ2) is 8.07. The molecule has 0 amide bonds. The molecule has 2 rings (SSSR count). The van der Waals surface area contributed by atoms with Crippen molar-refractivity contribution in [3.05, 3.63) is 18.3 Å². The van der Waals surface area contributed by atoms with E-state index in [0.717, 1.165) is 39.1 Å². The van der Waals surface area contributed by atoms with E-state index in [4.69, 9.17) is 10.5 Å². The topological polar surface area (TPSA) is 54.6 Å². The van der Waals surface area contributed by atoms with Crippen LogP contribution in [0.1, 0.15) is 19.3 Å². The molecule has 5 heteroatoms. The Balaban J connectivity index is 1.76. The van der Waals surface area contributed by atoms with Gasteiger partial charge >= 0.3 is 0 Å². The van der Waals surface area contributed by atoms with Gasteiger partial charge < -0.3 is 15.4 Å². The molecule has 2 N–H and O–H groups in total. The van der Waals surface area contributed by atoms with Crippen molar-refractivity contribution in [3.8, 4) is 5.88 Å². The van der Waals surface area contributed by atoms with E-state index in [9.17, 15) is 0 Å². The Hall–Kier alpha value is -1.33. The van der Waals surface area contributed by atoms with Crippen molar-refractivity contribution in [3.63, 3.8) is 0 Å². The highest BCUT2D eigenvalue weighted by Crippen LogP contribution is 2.20. The molecule has 1 aromatic heterocycles. The van der Waals surface area contributed by atoms with Gasteiger partial charge in [0, 0.05) is 44.1 Å². The van der Waals surface area contributed by atoms with Gasteiger partial charge in [-0.1, -0.05) is 6.42 Å². The molecular formula is C15H26N4O. The summed E-state index contributed by atoms with van der Waals surface area (Å²) in [6.07, 6.45) is 5.47. The second-order valence-electron chi connectivity index (χ2n) is 5.23. The molecule has 112 valence electrons. The summed E-state index contributed by atoms with van der Waals surface area (Å²) in [7, 11) is 1.66. The quantitative estimate of drug-likeness (QED) is 0.763. The zero-order valence-corrected chi connectivity index (χ0v) is 12.4. The van der Waals surface area contributed by atoms with Gasteiger partial charge in [0.2, 0.25) is 5.88 Å². The Morgan fingerprint density at radius 3 is 2.70 bits per heavy atom. The molecular weight excluding hydrogens is 252 g/mol. The number of pyridine rings is 1. The molecule has 1 fully saturated rings. The van der Waals surface area contributed by atoms with Gasteiger partial charge in [0.05, 0.1) is 7.11 Å². The molecule has 0 bridgehead atoms. The minimum atomic E-state index is 0.687. The molecule has 0 aliphatic carbocycles. The summed E-state index contributed by atoms with van der Waals surface area (Å²) in [4.78, 5) is 9.11. The van der Waals surface area contributed by atoms with Gasteiger partial charge in [-0.2, -0.15) is 0 Å². The molecule has 0 aromatic carbocycles. The van der Waals surface area contributed by atoms with Gasteiger partial charge in [0.15, 0.2) is 0 Å². The summed E-state index contributed by atoms with van der Waals surface area (Å²) in [5.41, 5.74) is 6.73. The van der Waals surface area contributed by atoms with Crippen LogP contribution in [0.15, 0.2) is 18.3 Å². The van der Waals surface area contributed by atoms with E-state index in [2.05, 4.69) is 20.9 Å². The Morgan fingerprint density at radius 1 is 1.20 bits per heavy atom. The molecule has 20 heavy (non-hydrogen) atoms. The maximum absolute atomic E-state index is 5.52. The van der Waals surface area contributed by atoms with Gasteiger partial charge in [-0.15, -0.1) is 0 Å². The van der Waals surface area contributed by atoms with E-state index in [0.29, 0.717) is 5.88 Å². The highest BCUT2D eigenvalue weighted by molar-refractivity contribution is 5.48. The number of aromatic nitrogens is 1. The van der Waals surface area contributed by atoms with Crippen LogP contribution in [0.5, 0.6) is 5.88 Å². The first-order chi connectivity index (χ1) is 9.83. The lowest BCUT2D eigenvalue weighted by molar-refractivity contribution is 0.252. The molecule has 0 unspecified atom stereocenters. The first-order valence-corrected chi connectivity index (χ1v) is 7.51. The fourth-order valence-corrected chi connectivity index (χ4v) is 2.59. The summed E-state index contributed by atoms with van der Waals surface area (Å²) < 4.78 is 5.18. The minimum Gasteiger partial charge on any atom is -0.481 e.